The average molecular weight is 245 g/mol. The van der Waals surface area contributed by atoms with Gasteiger partial charge < -0.3 is 9.69 Å². The molecule has 0 spiro atoms. The number of nitrogens with zero attached hydrogens (tertiary/aromatic N) is 5. The third kappa shape index (κ3) is 1.64. The van der Waals surface area contributed by atoms with Crippen molar-refractivity contribution in [2.75, 3.05) is 11.4 Å². The lowest BCUT2D eigenvalue weighted by atomic mass is 10.0. The molecule has 1 aliphatic heterocycles. The van der Waals surface area contributed by atoms with Crippen LogP contribution in [0.5, 0.6) is 0 Å². The molecular weight excluding hydrogens is 230 g/mol. The minimum absolute atomic E-state index is 0.0885. The van der Waals surface area contributed by atoms with Crippen molar-refractivity contribution in [1.82, 2.24) is 19.6 Å². The molecule has 6 heteroatoms. The first kappa shape index (κ1) is 11.1. The molecule has 0 aliphatic carbocycles. The molecule has 6 nitrogen and oxygen atoms in total. The lowest BCUT2D eigenvalue weighted by molar-refractivity contribution is -0.109. The Morgan fingerprint density at radius 3 is 3.11 bits per heavy atom. The van der Waals surface area contributed by atoms with Gasteiger partial charge >= 0.3 is 0 Å². The number of aldehydes is 1. The summed E-state index contributed by atoms with van der Waals surface area (Å²) in [6, 6.07) is -0.0885. The van der Waals surface area contributed by atoms with Gasteiger partial charge in [-0.25, -0.2) is 4.98 Å². The van der Waals surface area contributed by atoms with Gasteiger partial charge in [-0.1, -0.05) is 0 Å². The van der Waals surface area contributed by atoms with Crippen LogP contribution in [0.3, 0.4) is 0 Å². The first-order valence-corrected chi connectivity index (χ1v) is 6.19. The molecule has 18 heavy (non-hydrogen) atoms. The maximum atomic E-state index is 11.2. The molecule has 1 atom stereocenters. The molecule has 1 unspecified atom stereocenters. The SMILES string of the molecule is Cc1nnc2c(N3CCCCC3C=O)nccn12. The van der Waals surface area contributed by atoms with E-state index in [0.29, 0.717) is 0 Å². The number of fused-ring (bicyclic) bond motifs is 1. The Morgan fingerprint density at radius 1 is 1.39 bits per heavy atom. The van der Waals surface area contributed by atoms with Crippen LogP contribution in [0.25, 0.3) is 5.65 Å². The molecule has 0 bridgehead atoms. The van der Waals surface area contributed by atoms with Gasteiger partial charge in [0.15, 0.2) is 5.82 Å². The van der Waals surface area contributed by atoms with E-state index in [1.165, 1.54) is 0 Å². The molecule has 0 radical (unpaired) electrons. The molecule has 0 N–H and O–H groups in total. The van der Waals surface area contributed by atoms with Crippen molar-refractivity contribution >= 4 is 17.8 Å². The van der Waals surface area contributed by atoms with E-state index in [-0.39, 0.29) is 6.04 Å². The minimum atomic E-state index is -0.0885. The number of aromatic nitrogens is 4. The summed E-state index contributed by atoms with van der Waals surface area (Å²) in [6.45, 7) is 2.75. The second kappa shape index (κ2) is 4.36. The molecule has 0 amide bonds. The monoisotopic (exact) mass is 245 g/mol. The lowest BCUT2D eigenvalue weighted by Gasteiger charge is -2.33. The van der Waals surface area contributed by atoms with Gasteiger partial charge in [-0.2, -0.15) is 0 Å². The van der Waals surface area contributed by atoms with Crippen LogP contribution in [0.15, 0.2) is 12.4 Å². The van der Waals surface area contributed by atoms with Gasteiger partial charge in [0.25, 0.3) is 0 Å². The summed E-state index contributed by atoms with van der Waals surface area (Å²) in [6.07, 6.45) is 7.64. The molecule has 1 fully saturated rings. The zero-order valence-corrected chi connectivity index (χ0v) is 10.3. The van der Waals surface area contributed by atoms with E-state index in [0.717, 1.165) is 49.4 Å². The Bertz CT molecular complexity index is 579. The van der Waals surface area contributed by atoms with E-state index in [4.69, 9.17) is 0 Å². The highest BCUT2D eigenvalue weighted by Crippen LogP contribution is 2.25. The fourth-order valence-corrected chi connectivity index (χ4v) is 2.49. The summed E-state index contributed by atoms with van der Waals surface area (Å²) in [4.78, 5) is 17.6. The Kier molecular flexibility index (Phi) is 2.70. The van der Waals surface area contributed by atoms with E-state index in [1.807, 2.05) is 22.4 Å². The summed E-state index contributed by atoms with van der Waals surface area (Å²) in [5.41, 5.74) is 0.726. The molecule has 0 saturated carbocycles. The highest BCUT2D eigenvalue weighted by Gasteiger charge is 2.25. The number of rotatable bonds is 2. The van der Waals surface area contributed by atoms with Crippen molar-refractivity contribution in [3.63, 3.8) is 0 Å². The number of hydrogen-bond acceptors (Lipinski definition) is 5. The molecule has 2 aromatic rings. The summed E-state index contributed by atoms with van der Waals surface area (Å²) >= 11 is 0. The number of carbonyl (C=O) groups is 1. The molecule has 94 valence electrons. The Balaban J connectivity index is 2.10. The number of anilines is 1. The maximum Gasteiger partial charge on any atom is 0.203 e. The van der Waals surface area contributed by atoms with Gasteiger partial charge in [-0.15, -0.1) is 10.2 Å². The Morgan fingerprint density at radius 2 is 2.28 bits per heavy atom. The van der Waals surface area contributed by atoms with Crippen molar-refractivity contribution in [3.8, 4) is 0 Å². The van der Waals surface area contributed by atoms with Crippen LogP contribution in [-0.2, 0) is 4.79 Å². The summed E-state index contributed by atoms with van der Waals surface area (Å²) < 4.78 is 1.90. The summed E-state index contributed by atoms with van der Waals surface area (Å²) in [5, 5.41) is 8.22. The lowest BCUT2D eigenvalue weighted by Crippen LogP contribution is -2.41. The summed E-state index contributed by atoms with van der Waals surface area (Å²) in [7, 11) is 0. The molecular formula is C12H15N5O. The second-order valence-electron chi connectivity index (χ2n) is 4.58. The van der Waals surface area contributed by atoms with Gasteiger partial charge in [-0.3, -0.25) is 4.40 Å². The number of carbonyl (C=O) groups excluding carboxylic acids is 1. The van der Waals surface area contributed by atoms with E-state index in [9.17, 15) is 4.79 Å². The van der Waals surface area contributed by atoms with E-state index in [1.54, 1.807) is 6.20 Å². The normalized spacial score (nSPS) is 20.3. The largest absolute Gasteiger partial charge is 0.344 e. The molecule has 3 rings (SSSR count). The topological polar surface area (TPSA) is 63.4 Å². The van der Waals surface area contributed by atoms with Gasteiger partial charge in [0, 0.05) is 18.9 Å². The van der Waals surface area contributed by atoms with Gasteiger partial charge in [-0.05, 0) is 26.2 Å². The zero-order chi connectivity index (χ0) is 12.5. The van der Waals surface area contributed by atoms with Crippen molar-refractivity contribution < 1.29 is 4.79 Å². The first-order valence-electron chi connectivity index (χ1n) is 6.19. The van der Waals surface area contributed by atoms with Gasteiger partial charge in [0.1, 0.15) is 12.1 Å². The fraction of sp³-hybridized carbons (Fsp3) is 0.500. The van der Waals surface area contributed by atoms with Crippen LogP contribution < -0.4 is 4.90 Å². The molecule has 1 aliphatic rings. The predicted molar refractivity (Wildman–Crippen MR) is 66.6 cm³/mol. The second-order valence-corrected chi connectivity index (χ2v) is 4.58. The van der Waals surface area contributed by atoms with Crippen molar-refractivity contribution in [2.24, 2.45) is 0 Å². The van der Waals surface area contributed by atoms with Crippen molar-refractivity contribution in [2.45, 2.75) is 32.2 Å². The maximum absolute atomic E-state index is 11.2. The fourth-order valence-electron chi connectivity index (χ4n) is 2.49. The quantitative estimate of drug-likeness (QED) is 0.738. The van der Waals surface area contributed by atoms with Gasteiger partial charge in [0.2, 0.25) is 5.65 Å². The van der Waals surface area contributed by atoms with E-state index < -0.39 is 0 Å². The number of hydrogen-bond donors (Lipinski definition) is 0. The predicted octanol–water partition coefficient (Wildman–Crippen LogP) is 0.991. The van der Waals surface area contributed by atoms with Crippen LogP contribution in [0, 0.1) is 6.92 Å². The standard InChI is InChI=1S/C12H15N5O/c1-9-14-15-12-11(13-5-7-16(9)12)17-6-3-2-4-10(17)8-18/h5,7-8,10H,2-4,6H2,1H3. The van der Waals surface area contributed by atoms with Crippen LogP contribution in [0.2, 0.25) is 0 Å². The molecule has 3 heterocycles. The van der Waals surface area contributed by atoms with E-state index >= 15 is 0 Å². The van der Waals surface area contributed by atoms with Gasteiger partial charge in [0.05, 0.1) is 6.04 Å². The zero-order valence-electron chi connectivity index (χ0n) is 10.3. The smallest absolute Gasteiger partial charge is 0.203 e. The van der Waals surface area contributed by atoms with Crippen LogP contribution >= 0.6 is 0 Å². The molecule has 1 saturated heterocycles. The molecule has 0 aromatic carbocycles. The van der Waals surface area contributed by atoms with Crippen molar-refractivity contribution in [3.05, 3.63) is 18.2 Å². The highest BCUT2D eigenvalue weighted by molar-refractivity contribution is 5.71. The van der Waals surface area contributed by atoms with E-state index in [2.05, 4.69) is 15.2 Å². The number of piperidine rings is 1. The van der Waals surface area contributed by atoms with Crippen LogP contribution in [-0.4, -0.2) is 38.5 Å². The average Bonchev–Trinajstić information content (AvgIpc) is 2.81. The third-order valence-electron chi connectivity index (χ3n) is 3.46. The van der Waals surface area contributed by atoms with Crippen molar-refractivity contribution in [1.29, 1.82) is 0 Å². The van der Waals surface area contributed by atoms with Crippen LogP contribution in [0.4, 0.5) is 5.82 Å². The highest BCUT2D eigenvalue weighted by atomic mass is 16.1. The first-order chi connectivity index (χ1) is 8.81. The summed E-state index contributed by atoms with van der Waals surface area (Å²) in [5.74, 6) is 1.59. The number of aryl methyl sites for hydroxylation is 1. The Labute approximate surface area is 105 Å². The Hall–Kier alpha value is -1.98. The van der Waals surface area contributed by atoms with Crippen LogP contribution in [0.1, 0.15) is 25.1 Å². The third-order valence-corrected chi connectivity index (χ3v) is 3.46. The molecule has 2 aromatic heterocycles. The minimum Gasteiger partial charge on any atom is -0.344 e.